The van der Waals surface area contributed by atoms with Crippen molar-refractivity contribution in [2.24, 2.45) is 0 Å². The van der Waals surface area contributed by atoms with Gasteiger partial charge < -0.3 is 10.4 Å². The summed E-state index contributed by atoms with van der Waals surface area (Å²) in [5.41, 5.74) is 2.53. The van der Waals surface area contributed by atoms with Crippen LogP contribution >= 0.6 is 0 Å². The van der Waals surface area contributed by atoms with Gasteiger partial charge >= 0.3 is 0 Å². The van der Waals surface area contributed by atoms with Gasteiger partial charge in [0.15, 0.2) is 0 Å². The minimum absolute atomic E-state index is 0.00576. The summed E-state index contributed by atoms with van der Waals surface area (Å²) in [6.07, 6.45) is 0.893. The Bertz CT molecular complexity index is 644. The topological polar surface area (TPSA) is 32.3 Å². The molecule has 1 aliphatic carbocycles. The van der Waals surface area contributed by atoms with Gasteiger partial charge in [0.1, 0.15) is 11.6 Å². The first kappa shape index (κ1) is 14.2. The Morgan fingerprint density at radius 3 is 2.86 bits per heavy atom. The van der Waals surface area contributed by atoms with E-state index in [0.29, 0.717) is 0 Å². The third-order valence-electron chi connectivity index (χ3n) is 4.01. The second-order valence-corrected chi connectivity index (χ2v) is 5.38. The summed E-state index contributed by atoms with van der Waals surface area (Å²) < 4.78 is 26.8. The fraction of sp³-hybridized carbons (Fsp3) is 0.294. The Kier molecular flexibility index (Phi) is 3.99. The molecule has 2 N–H and O–H groups in total. The summed E-state index contributed by atoms with van der Waals surface area (Å²) in [4.78, 5) is 0. The van der Waals surface area contributed by atoms with E-state index in [1.54, 1.807) is 0 Å². The maximum absolute atomic E-state index is 13.6. The summed E-state index contributed by atoms with van der Waals surface area (Å²) in [5.74, 6) is -1.13. The highest BCUT2D eigenvalue weighted by atomic mass is 19.1. The predicted molar refractivity (Wildman–Crippen MR) is 76.8 cm³/mol. The molecular weight excluding hydrogens is 272 g/mol. The molecular formula is C17H17F2NO. The van der Waals surface area contributed by atoms with E-state index in [1.165, 1.54) is 11.1 Å². The number of fused-ring (bicyclic) bond motifs is 1. The number of halogens is 2. The maximum Gasteiger partial charge on any atom is 0.129 e. The van der Waals surface area contributed by atoms with Crippen LogP contribution in [0.5, 0.6) is 0 Å². The normalized spacial score (nSPS) is 18.5. The van der Waals surface area contributed by atoms with Crippen LogP contribution in [-0.2, 0) is 6.42 Å². The lowest BCUT2D eigenvalue weighted by Gasteiger charge is -2.18. The van der Waals surface area contributed by atoms with Crippen LogP contribution in [0, 0.1) is 11.6 Å². The molecule has 0 aliphatic heterocycles. The van der Waals surface area contributed by atoms with E-state index in [0.717, 1.165) is 31.0 Å². The molecule has 2 aromatic rings. The molecule has 2 aromatic carbocycles. The van der Waals surface area contributed by atoms with Gasteiger partial charge in [-0.15, -0.1) is 0 Å². The van der Waals surface area contributed by atoms with Crippen molar-refractivity contribution in [2.75, 3.05) is 6.54 Å². The Morgan fingerprint density at radius 2 is 2.00 bits per heavy atom. The molecule has 0 spiro atoms. The Labute approximate surface area is 122 Å². The standard InChI is InChI=1S/C17H17F2NO/c18-12-6-7-15(19)14(9-12)17(21)10-20-16-8-5-11-3-1-2-4-13(11)16/h1-4,6-7,9,16-17,20-21H,5,8,10H2. The molecule has 3 rings (SSSR count). The van der Waals surface area contributed by atoms with Crippen LogP contribution < -0.4 is 5.32 Å². The SMILES string of the molecule is OC(CNC1CCc2ccccc21)c1cc(F)ccc1F. The van der Waals surface area contributed by atoms with Gasteiger partial charge in [-0.05, 0) is 42.2 Å². The highest BCUT2D eigenvalue weighted by Crippen LogP contribution is 2.31. The first-order valence-corrected chi connectivity index (χ1v) is 7.09. The number of aryl methyl sites for hydroxylation is 1. The van der Waals surface area contributed by atoms with Crippen LogP contribution in [0.2, 0.25) is 0 Å². The number of hydrogen-bond donors (Lipinski definition) is 2. The Hall–Kier alpha value is -1.78. The van der Waals surface area contributed by atoms with Crippen LogP contribution in [0.25, 0.3) is 0 Å². The monoisotopic (exact) mass is 289 g/mol. The van der Waals surface area contributed by atoms with E-state index in [1.807, 2.05) is 12.1 Å². The maximum atomic E-state index is 13.6. The van der Waals surface area contributed by atoms with Gasteiger partial charge in [0.25, 0.3) is 0 Å². The van der Waals surface area contributed by atoms with Crippen LogP contribution in [0.4, 0.5) is 8.78 Å². The smallest absolute Gasteiger partial charge is 0.129 e. The minimum atomic E-state index is -1.06. The second kappa shape index (κ2) is 5.92. The van der Waals surface area contributed by atoms with E-state index in [2.05, 4.69) is 17.4 Å². The van der Waals surface area contributed by atoms with E-state index >= 15 is 0 Å². The molecule has 21 heavy (non-hydrogen) atoms. The minimum Gasteiger partial charge on any atom is -0.387 e. The number of rotatable bonds is 4. The van der Waals surface area contributed by atoms with Gasteiger partial charge in [0.05, 0.1) is 6.10 Å². The molecule has 0 radical (unpaired) electrons. The third-order valence-corrected chi connectivity index (χ3v) is 4.01. The molecule has 1 aliphatic rings. The van der Waals surface area contributed by atoms with E-state index in [4.69, 9.17) is 0 Å². The highest BCUT2D eigenvalue weighted by Gasteiger charge is 2.23. The molecule has 110 valence electrons. The summed E-state index contributed by atoms with van der Waals surface area (Å²) >= 11 is 0. The largest absolute Gasteiger partial charge is 0.387 e. The van der Waals surface area contributed by atoms with Crippen molar-refractivity contribution in [3.05, 3.63) is 70.8 Å². The third kappa shape index (κ3) is 2.96. The number of aliphatic hydroxyl groups is 1. The lowest BCUT2D eigenvalue weighted by molar-refractivity contribution is 0.164. The molecule has 2 nitrogen and oxygen atoms in total. The van der Waals surface area contributed by atoms with Crippen LogP contribution in [-0.4, -0.2) is 11.7 Å². The summed E-state index contributed by atoms with van der Waals surface area (Å²) in [7, 11) is 0. The zero-order valence-corrected chi connectivity index (χ0v) is 11.5. The van der Waals surface area contributed by atoms with Crippen LogP contribution in [0.1, 0.15) is 35.3 Å². The van der Waals surface area contributed by atoms with Crippen molar-refractivity contribution in [3.63, 3.8) is 0 Å². The lowest BCUT2D eigenvalue weighted by atomic mass is 10.1. The van der Waals surface area contributed by atoms with E-state index in [-0.39, 0.29) is 18.2 Å². The molecule has 2 unspecified atom stereocenters. The zero-order chi connectivity index (χ0) is 14.8. The average Bonchev–Trinajstić information content (AvgIpc) is 2.90. The van der Waals surface area contributed by atoms with Gasteiger partial charge in [0.2, 0.25) is 0 Å². The van der Waals surface area contributed by atoms with Gasteiger partial charge in [-0.3, -0.25) is 0 Å². The van der Waals surface area contributed by atoms with Crippen molar-refractivity contribution in [1.82, 2.24) is 5.32 Å². The van der Waals surface area contributed by atoms with Crippen LogP contribution in [0.3, 0.4) is 0 Å². The fourth-order valence-corrected chi connectivity index (χ4v) is 2.90. The molecule has 4 heteroatoms. The Balaban J connectivity index is 1.67. The quantitative estimate of drug-likeness (QED) is 0.905. The average molecular weight is 289 g/mol. The van der Waals surface area contributed by atoms with Gasteiger partial charge in [-0.25, -0.2) is 8.78 Å². The molecule has 0 saturated heterocycles. The molecule has 2 atom stereocenters. The fourth-order valence-electron chi connectivity index (χ4n) is 2.90. The molecule has 0 saturated carbocycles. The Morgan fingerprint density at radius 1 is 1.19 bits per heavy atom. The molecule has 0 fully saturated rings. The number of benzene rings is 2. The van der Waals surface area contributed by atoms with E-state index < -0.39 is 17.7 Å². The lowest BCUT2D eigenvalue weighted by Crippen LogP contribution is -2.25. The molecule has 0 heterocycles. The van der Waals surface area contributed by atoms with Gasteiger partial charge in [-0.2, -0.15) is 0 Å². The molecule has 0 amide bonds. The van der Waals surface area contributed by atoms with Crippen molar-refractivity contribution in [1.29, 1.82) is 0 Å². The summed E-state index contributed by atoms with van der Waals surface area (Å²) in [5, 5.41) is 13.3. The van der Waals surface area contributed by atoms with Crippen molar-refractivity contribution in [2.45, 2.75) is 25.0 Å². The number of aliphatic hydroxyl groups excluding tert-OH is 1. The number of nitrogens with one attached hydrogen (secondary N) is 1. The zero-order valence-electron chi connectivity index (χ0n) is 11.5. The van der Waals surface area contributed by atoms with Crippen LogP contribution in [0.15, 0.2) is 42.5 Å². The molecule has 0 bridgehead atoms. The van der Waals surface area contributed by atoms with Gasteiger partial charge in [-0.1, -0.05) is 24.3 Å². The predicted octanol–water partition coefficient (Wildman–Crippen LogP) is 3.28. The summed E-state index contributed by atoms with van der Waals surface area (Å²) in [6, 6.07) is 11.5. The van der Waals surface area contributed by atoms with Crippen molar-refractivity contribution >= 4 is 0 Å². The second-order valence-electron chi connectivity index (χ2n) is 5.38. The summed E-state index contributed by atoms with van der Waals surface area (Å²) in [6.45, 7) is 0.194. The number of hydrogen-bond acceptors (Lipinski definition) is 2. The first-order valence-electron chi connectivity index (χ1n) is 7.09. The van der Waals surface area contributed by atoms with Crippen molar-refractivity contribution in [3.8, 4) is 0 Å². The van der Waals surface area contributed by atoms with Gasteiger partial charge in [0, 0.05) is 18.2 Å². The molecule has 0 aromatic heterocycles. The first-order chi connectivity index (χ1) is 10.1. The highest BCUT2D eigenvalue weighted by molar-refractivity contribution is 5.34. The van der Waals surface area contributed by atoms with Crippen molar-refractivity contribution < 1.29 is 13.9 Å². The van der Waals surface area contributed by atoms with E-state index in [9.17, 15) is 13.9 Å².